The summed E-state index contributed by atoms with van der Waals surface area (Å²) in [6.07, 6.45) is 1.25. The van der Waals surface area contributed by atoms with Gasteiger partial charge in [0.25, 0.3) is 5.91 Å². The lowest BCUT2D eigenvalue weighted by atomic mass is 10.1. The number of amides is 2. The number of carbonyl (C=O) groups excluding carboxylic acids is 2. The van der Waals surface area contributed by atoms with Crippen LogP contribution < -0.4 is 5.73 Å². The Morgan fingerprint density at radius 1 is 1.17 bits per heavy atom. The van der Waals surface area contributed by atoms with Crippen molar-refractivity contribution < 1.29 is 22.8 Å². The van der Waals surface area contributed by atoms with Crippen LogP contribution in [0.5, 0.6) is 0 Å². The zero-order valence-electron chi connectivity index (χ0n) is 12.7. The van der Waals surface area contributed by atoms with Crippen molar-refractivity contribution in [3.63, 3.8) is 0 Å². The minimum absolute atomic E-state index is 0.0648. The Bertz CT molecular complexity index is 756. The van der Waals surface area contributed by atoms with Gasteiger partial charge in [0.1, 0.15) is 23.1 Å². The molecule has 8 heteroatoms. The van der Waals surface area contributed by atoms with Gasteiger partial charge in [-0.15, -0.1) is 0 Å². The topological polar surface area (TPSA) is 76.3 Å². The van der Waals surface area contributed by atoms with Crippen LogP contribution in [0.25, 0.3) is 0 Å². The Morgan fingerprint density at radius 2 is 1.79 bits per heavy atom. The van der Waals surface area contributed by atoms with E-state index in [1.807, 2.05) is 0 Å². The molecule has 0 bridgehead atoms. The van der Waals surface area contributed by atoms with Crippen molar-refractivity contribution in [3.05, 3.63) is 64.7 Å². The predicted octanol–water partition coefficient (Wildman–Crippen LogP) is 1.80. The SMILES string of the molecule is CN(Cc1c(F)cc(F)cc1F)C(=O)Cc1ccc(C(N)=O)nc1. The van der Waals surface area contributed by atoms with Gasteiger partial charge in [0, 0.05) is 30.9 Å². The first kappa shape index (κ1) is 17.5. The van der Waals surface area contributed by atoms with Gasteiger partial charge in [-0.25, -0.2) is 13.2 Å². The second-order valence-electron chi connectivity index (χ2n) is 5.19. The molecule has 0 aliphatic heterocycles. The first-order valence-electron chi connectivity index (χ1n) is 6.90. The zero-order valence-corrected chi connectivity index (χ0v) is 12.7. The normalized spacial score (nSPS) is 10.5. The molecule has 1 aromatic heterocycles. The van der Waals surface area contributed by atoms with Crippen molar-refractivity contribution in [3.8, 4) is 0 Å². The smallest absolute Gasteiger partial charge is 0.267 e. The molecule has 1 heterocycles. The average molecular weight is 337 g/mol. The molecule has 24 heavy (non-hydrogen) atoms. The van der Waals surface area contributed by atoms with E-state index in [4.69, 9.17) is 5.73 Å². The first-order chi connectivity index (χ1) is 11.3. The van der Waals surface area contributed by atoms with Gasteiger partial charge in [-0.2, -0.15) is 0 Å². The second-order valence-corrected chi connectivity index (χ2v) is 5.19. The molecule has 0 atom stereocenters. The minimum Gasteiger partial charge on any atom is -0.364 e. The van der Waals surface area contributed by atoms with Crippen LogP contribution in [0, 0.1) is 17.5 Å². The number of likely N-dealkylation sites (N-methyl/N-ethyl adjacent to an activating group) is 1. The fourth-order valence-corrected chi connectivity index (χ4v) is 2.03. The quantitative estimate of drug-likeness (QED) is 0.904. The molecule has 2 aromatic rings. The summed E-state index contributed by atoms with van der Waals surface area (Å²) in [7, 11) is 1.37. The number of pyridine rings is 1. The lowest BCUT2D eigenvalue weighted by Crippen LogP contribution is -2.28. The molecule has 0 saturated carbocycles. The van der Waals surface area contributed by atoms with Crippen LogP contribution in [0.15, 0.2) is 30.5 Å². The van der Waals surface area contributed by atoms with Gasteiger partial charge in [-0.3, -0.25) is 14.6 Å². The third-order valence-electron chi connectivity index (χ3n) is 3.36. The Labute approximate surface area is 135 Å². The average Bonchev–Trinajstić information content (AvgIpc) is 2.51. The number of hydrogen-bond donors (Lipinski definition) is 1. The largest absolute Gasteiger partial charge is 0.364 e. The predicted molar refractivity (Wildman–Crippen MR) is 79.2 cm³/mol. The van der Waals surface area contributed by atoms with Crippen LogP contribution in [0.4, 0.5) is 13.2 Å². The highest BCUT2D eigenvalue weighted by molar-refractivity contribution is 5.90. The Hall–Kier alpha value is -2.90. The summed E-state index contributed by atoms with van der Waals surface area (Å²) >= 11 is 0. The molecule has 2 N–H and O–H groups in total. The Kier molecular flexibility index (Phi) is 5.18. The molecule has 0 aliphatic carbocycles. The molecular weight excluding hydrogens is 323 g/mol. The highest BCUT2D eigenvalue weighted by Crippen LogP contribution is 2.17. The summed E-state index contributed by atoms with van der Waals surface area (Å²) in [6.45, 7) is -0.344. The summed E-state index contributed by atoms with van der Waals surface area (Å²) < 4.78 is 40.1. The standard InChI is InChI=1S/C16H14F3N3O2/c1-22(8-11-12(18)5-10(17)6-13(11)19)15(23)4-9-2-3-14(16(20)24)21-7-9/h2-3,5-7H,4,8H2,1H3,(H2,20,24). The number of nitrogens with two attached hydrogens (primary N) is 1. The number of rotatable bonds is 5. The maximum Gasteiger partial charge on any atom is 0.267 e. The Balaban J connectivity index is 2.06. The maximum atomic E-state index is 13.6. The second kappa shape index (κ2) is 7.12. The van der Waals surface area contributed by atoms with Gasteiger partial charge in [0.05, 0.1) is 13.0 Å². The van der Waals surface area contributed by atoms with E-state index in [9.17, 15) is 22.8 Å². The van der Waals surface area contributed by atoms with Gasteiger partial charge in [0.15, 0.2) is 0 Å². The van der Waals surface area contributed by atoms with Gasteiger partial charge in [0.2, 0.25) is 5.91 Å². The number of primary amides is 1. The molecule has 1 aromatic carbocycles. The number of hydrogen-bond acceptors (Lipinski definition) is 3. The van der Waals surface area contributed by atoms with E-state index in [0.29, 0.717) is 17.7 Å². The van der Waals surface area contributed by atoms with E-state index >= 15 is 0 Å². The molecule has 2 rings (SSSR count). The van der Waals surface area contributed by atoms with E-state index in [2.05, 4.69) is 4.98 Å². The van der Waals surface area contributed by atoms with Gasteiger partial charge in [-0.1, -0.05) is 6.07 Å². The molecule has 5 nitrogen and oxygen atoms in total. The van der Waals surface area contributed by atoms with Gasteiger partial charge >= 0.3 is 0 Å². The van der Waals surface area contributed by atoms with Crippen molar-refractivity contribution in [2.24, 2.45) is 5.73 Å². The van der Waals surface area contributed by atoms with E-state index < -0.39 is 34.8 Å². The summed E-state index contributed by atoms with van der Waals surface area (Å²) in [6, 6.07) is 4.01. The number of halogens is 3. The fraction of sp³-hybridized carbons (Fsp3) is 0.188. The Morgan fingerprint density at radius 3 is 2.29 bits per heavy atom. The third-order valence-corrected chi connectivity index (χ3v) is 3.36. The van der Waals surface area contributed by atoms with E-state index in [1.165, 1.54) is 25.4 Å². The molecule has 0 aliphatic rings. The monoisotopic (exact) mass is 337 g/mol. The summed E-state index contributed by atoms with van der Waals surface area (Å²) in [5.74, 6) is -4.25. The highest BCUT2D eigenvalue weighted by Gasteiger charge is 2.17. The molecule has 0 fully saturated rings. The number of benzene rings is 1. The lowest BCUT2D eigenvalue weighted by molar-refractivity contribution is -0.129. The summed E-state index contributed by atoms with van der Waals surface area (Å²) in [5, 5.41) is 0. The third kappa shape index (κ3) is 4.09. The number of carbonyl (C=O) groups is 2. The van der Waals surface area contributed by atoms with Gasteiger partial charge in [-0.05, 0) is 11.6 Å². The first-order valence-corrected chi connectivity index (χ1v) is 6.90. The lowest BCUT2D eigenvalue weighted by Gasteiger charge is -2.18. The van der Waals surface area contributed by atoms with Crippen LogP contribution in [-0.2, 0) is 17.8 Å². The molecule has 2 amide bonds. The van der Waals surface area contributed by atoms with Crippen molar-refractivity contribution in [1.82, 2.24) is 9.88 Å². The molecule has 0 saturated heterocycles. The van der Waals surface area contributed by atoms with Crippen molar-refractivity contribution in [2.45, 2.75) is 13.0 Å². The summed E-state index contributed by atoms with van der Waals surface area (Å²) in [5.41, 5.74) is 5.25. The minimum atomic E-state index is -1.06. The summed E-state index contributed by atoms with van der Waals surface area (Å²) in [4.78, 5) is 28.0. The molecular formula is C16H14F3N3O2. The zero-order chi connectivity index (χ0) is 17.9. The number of nitrogens with zero attached hydrogens (tertiary/aromatic N) is 2. The van der Waals surface area contributed by atoms with Crippen LogP contribution >= 0.6 is 0 Å². The highest BCUT2D eigenvalue weighted by atomic mass is 19.1. The fourth-order valence-electron chi connectivity index (χ4n) is 2.03. The van der Waals surface area contributed by atoms with Crippen LogP contribution in [0.1, 0.15) is 21.6 Å². The van der Waals surface area contributed by atoms with Crippen molar-refractivity contribution in [2.75, 3.05) is 7.05 Å². The van der Waals surface area contributed by atoms with E-state index in [-0.39, 0.29) is 18.7 Å². The van der Waals surface area contributed by atoms with E-state index in [0.717, 1.165) is 4.90 Å². The molecule has 0 spiro atoms. The molecule has 0 radical (unpaired) electrons. The number of aromatic nitrogens is 1. The maximum absolute atomic E-state index is 13.6. The van der Waals surface area contributed by atoms with Crippen LogP contribution in [0.2, 0.25) is 0 Å². The van der Waals surface area contributed by atoms with Gasteiger partial charge < -0.3 is 10.6 Å². The van der Waals surface area contributed by atoms with Crippen LogP contribution in [-0.4, -0.2) is 28.7 Å². The molecule has 0 unspecified atom stereocenters. The van der Waals surface area contributed by atoms with Crippen molar-refractivity contribution >= 4 is 11.8 Å². The molecule has 126 valence electrons. The van der Waals surface area contributed by atoms with Crippen molar-refractivity contribution in [1.29, 1.82) is 0 Å². The van der Waals surface area contributed by atoms with Crippen LogP contribution in [0.3, 0.4) is 0 Å². The van der Waals surface area contributed by atoms with E-state index in [1.54, 1.807) is 0 Å².